The van der Waals surface area contributed by atoms with Gasteiger partial charge in [0, 0.05) is 19.6 Å². The Labute approximate surface area is 218 Å². The molecule has 0 unspecified atom stereocenters. The van der Waals surface area contributed by atoms with Crippen molar-refractivity contribution in [1.82, 2.24) is 4.90 Å². The first-order valence-corrected chi connectivity index (χ1v) is 13.2. The van der Waals surface area contributed by atoms with Crippen molar-refractivity contribution in [3.05, 3.63) is 100 Å². The second-order valence-corrected chi connectivity index (χ2v) is 10.1. The van der Waals surface area contributed by atoms with Crippen LogP contribution in [0.25, 0.3) is 11.1 Å². The highest BCUT2D eigenvalue weighted by Gasteiger charge is 2.25. The highest BCUT2D eigenvalue weighted by atomic mass is 19.1. The van der Waals surface area contributed by atoms with E-state index in [4.69, 9.17) is 4.74 Å². The van der Waals surface area contributed by atoms with Gasteiger partial charge in [0.1, 0.15) is 11.9 Å². The standard InChI is InChI=1S/C32H34FNO3/c1-22-11-13-26(37-27-15-18-34(21-27)17-6-16-33)20-30(22)31-28(23-7-3-2-4-8-23)10-5-9-24-19-25(32(35)36)12-14-29(24)31/h2-4,7-8,11-14,19-20,27H,5-6,9-10,15-18,21H2,1H3,(H,35,36)/t27-/m1/s1. The zero-order chi connectivity index (χ0) is 25.8. The van der Waals surface area contributed by atoms with E-state index < -0.39 is 5.97 Å². The Balaban J connectivity index is 1.57. The molecule has 0 saturated carbocycles. The third-order valence-electron chi connectivity index (χ3n) is 7.54. The lowest BCUT2D eigenvalue weighted by Crippen LogP contribution is -2.26. The fourth-order valence-corrected chi connectivity index (χ4v) is 5.67. The summed E-state index contributed by atoms with van der Waals surface area (Å²) in [5, 5.41) is 9.60. The van der Waals surface area contributed by atoms with Gasteiger partial charge >= 0.3 is 5.97 Å². The van der Waals surface area contributed by atoms with Gasteiger partial charge in [-0.3, -0.25) is 9.29 Å². The van der Waals surface area contributed by atoms with Gasteiger partial charge in [-0.1, -0.05) is 42.5 Å². The molecule has 1 N–H and O–H groups in total. The van der Waals surface area contributed by atoms with E-state index in [9.17, 15) is 14.3 Å². The molecule has 1 saturated heterocycles. The smallest absolute Gasteiger partial charge is 0.335 e. The van der Waals surface area contributed by atoms with Crippen molar-refractivity contribution in [3.8, 4) is 5.75 Å². The summed E-state index contributed by atoms with van der Waals surface area (Å²) in [4.78, 5) is 14.0. The molecule has 0 bridgehead atoms. The number of aryl methyl sites for hydroxylation is 2. The van der Waals surface area contributed by atoms with Crippen molar-refractivity contribution in [2.45, 2.75) is 45.1 Å². The monoisotopic (exact) mass is 499 g/mol. The number of ether oxygens (including phenoxy) is 1. The van der Waals surface area contributed by atoms with E-state index in [1.165, 1.54) is 11.1 Å². The maximum absolute atomic E-state index is 12.6. The Hall–Kier alpha value is -3.44. The number of aromatic carboxylic acids is 1. The lowest BCUT2D eigenvalue weighted by atomic mass is 9.85. The molecule has 3 aromatic carbocycles. The summed E-state index contributed by atoms with van der Waals surface area (Å²) in [6.07, 6.45) is 4.30. The van der Waals surface area contributed by atoms with E-state index in [-0.39, 0.29) is 12.8 Å². The number of carboxylic acids is 1. The topological polar surface area (TPSA) is 49.8 Å². The van der Waals surface area contributed by atoms with Crippen LogP contribution in [0.1, 0.15) is 63.9 Å². The molecule has 1 heterocycles. The van der Waals surface area contributed by atoms with Crippen LogP contribution in [0.4, 0.5) is 4.39 Å². The molecule has 1 atom stereocenters. The van der Waals surface area contributed by atoms with E-state index >= 15 is 0 Å². The first-order valence-electron chi connectivity index (χ1n) is 13.2. The second kappa shape index (κ2) is 11.3. The summed E-state index contributed by atoms with van der Waals surface area (Å²) in [7, 11) is 0. The average Bonchev–Trinajstić information content (AvgIpc) is 3.27. The Morgan fingerprint density at radius 2 is 1.89 bits per heavy atom. The number of halogens is 1. The predicted molar refractivity (Wildman–Crippen MR) is 146 cm³/mol. The highest BCUT2D eigenvalue weighted by molar-refractivity contribution is 6.01. The number of carboxylic acid groups (broad SMARTS) is 1. The lowest BCUT2D eigenvalue weighted by Gasteiger charge is -2.21. The highest BCUT2D eigenvalue weighted by Crippen LogP contribution is 2.42. The zero-order valence-corrected chi connectivity index (χ0v) is 21.4. The number of likely N-dealkylation sites (tertiary alicyclic amines) is 1. The number of alkyl halides is 1. The second-order valence-electron chi connectivity index (χ2n) is 10.1. The molecule has 0 spiro atoms. The molecule has 5 heteroatoms. The Morgan fingerprint density at radius 1 is 1.05 bits per heavy atom. The first kappa shape index (κ1) is 25.2. The molecule has 4 nitrogen and oxygen atoms in total. The van der Waals surface area contributed by atoms with Crippen LogP contribution in [0.2, 0.25) is 0 Å². The SMILES string of the molecule is Cc1ccc(O[C@@H]2CCN(CCCF)C2)cc1C1=C(c2ccccc2)CCCc2cc(C(=O)O)ccc21. The van der Waals surface area contributed by atoms with Crippen molar-refractivity contribution >= 4 is 17.1 Å². The van der Waals surface area contributed by atoms with Crippen LogP contribution in [0.5, 0.6) is 5.75 Å². The predicted octanol–water partition coefficient (Wildman–Crippen LogP) is 6.80. The van der Waals surface area contributed by atoms with Gasteiger partial charge in [0.05, 0.1) is 12.2 Å². The molecule has 0 amide bonds. The number of hydrogen-bond acceptors (Lipinski definition) is 3. The molecule has 3 aromatic rings. The van der Waals surface area contributed by atoms with Crippen LogP contribution in [-0.2, 0) is 6.42 Å². The fraction of sp³-hybridized carbons (Fsp3) is 0.344. The summed E-state index contributed by atoms with van der Waals surface area (Å²) in [5.41, 5.74) is 8.41. The van der Waals surface area contributed by atoms with Crippen LogP contribution in [0, 0.1) is 6.92 Å². The maximum atomic E-state index is 12.6. The molecule has 1 aliphatic carbocycles. The van der Waals surface area contributed by atoms with E-state index in [0.717, 1.165) is 78.9 Å². The Kier molecular flexibility index (Phi) is 7.71. The molecular formula is C32H34FNO3. The Bertz CT molecular complexity index is 1300. The van der Waals surface area contributed by atoms with Gasteiger partial charge in [-0.15, -0.1) is 0 Å². The van der Waals surface area contributed by atoms with Crippen LogP contribution < -0.4 is 4.74 Å². The van der Waals surface area contributed by atoms with E-state index in [1.54, 1.807) is 6.07 Å². The van der Waals surface area contributed by atoms with Gasteiger partial charge in [-0.25, -0.2) is 4.79 Å². The normalized spacial score (nSPS) is 17.9. The molecular weight excluding hydrogens is 465 g/mol. The van der Waals surface area contributed by atoms with Crippen LogP contribution in [-0.4, -0.2) is 48.4 Å². The number of benzene rings is 3. The van der Waals surface area contributed by atoms with Crippen LogP contribution in [0.3, 0.4) is 0 Å². The molecule has 192 valence electrons. The minimum atomic E-state index is -0.899. The minimum Gasteiger partial charge on any atom is -0.489 e. The van der Waals surface area contributed by atoms with Crippen molar-refractivity contribution in [2.75, 3.05) is 26.3 Å². The summed E-state index contributed by atoms with van der Waals surface area (Å²) in [6, 6.07) is 22.3. The number of nitrogens with zero attached hydrogens (tertiary/aromatic N) is 1. The first-order chi connectivity index (χ1) is 18.0. The van der Waals surface area contributed by atoms with Crippen molar-refractivity contribution < 1.29 is 19.0 Å². The minimum absolute atomic E-state index is 0.0947. The molecule has 2 aliphatic rings. The molecule has 0 radical (unpaired) electrons. The van der Waals surface area contributed by atoms with Gasteiger partial charge in [0.25, 0.3) is 0 Å². The molecule has 0 aromatic heterocycles. The van der Waals surface area contributed by atoms with Gasteiger partial charge in [0.15, 0.2) is 0 Å². The van der Waals surface area contributed by atoms with Crippen molar-refractivity contribution in [3.63, 3.8) is 0 Å². The summed E-state index contributed by atoms with van der Waals surface area (Å²) in [6.45, 7) is 4.38. The molecule has 1 aliphatic heterocycles. The molecule has 37 heavy (non-hydrogen) atoms. The van der Waals surface area contributed by atoms with E-state index in [1.807, 2.05) is 24.3 Å². The number of allylic oxidation sites excluding steroid dienone is 1. The lowest BCUT2D eigenvalue weighted by molar-refractivity contribution is 0.0696. The number of rotatable bonds is 8. The van der Waals surface area contributed by atoms with Gasteiger partial charge in [0.2, 0.25) is 0 Å². The number of fused-ring (bicyclic) bond motifs is 1. The van der Waals surface area contributed by atoms with Gasteiger partial charge in [-0.2, -0.15) is 0 Å². The van der Waals surface area contributed by atoms with Crippen molar-refractivity contribution in [2.24, 2.45) is 0 Å². The van der Waals surface area contributed by atoms with E-state index in [0.29, 0.717) is 12.0 Å². The number of hydrogen-bond donors (Lipinski definition) is 1. The molecule has 5 rings (SSSR count). The quantitative estimate of drug-likeness (QED) is 0.370. The summed E-state index contributed by atoms with van der Waals surface area (Å²) >= 11 is 0. The third kappa shape index (κ3) is 5.62. The number of carbonyl (C=O) groups is 1. The largest absolute Gasteiger partial charge is 0.489 e. The van der Waals surface area contributed by atoms with E-state index in [2.05, 4.69) is 48.2 Å². The fourth-order valence-electron chi connectivity index (χ4n) is 5.67. The van der Waals surface area contributed by atoms with Crippen LogP contribution >= 0.6 is 0 Å². The van der Waals surface area contributed by atoms with Gasteiger partial charge in [-0.05, 0) is 102 Å². The average molecular weight is 500 g/mol. The summed E-state index contributed by atoms with van der Waals surface area (Å²) in [5.74, 6) is -0.0598. The van der Waals surface area contributed by atoms with Crippen molar-refractivity contribution in [1.29, 1.82) is 0 Å². The maximum Gasteiger partial charge on any atom is 0.335 e. The third-order valence-corrected chi connectivity index (χ3v) is 7.54. The molecule has 1 fully saturated rings. The van der Waals surface area contributed by atoms with Crippen LogP contribution in [0.15, 0.2) is 66.7 Å². The Morgan fingerprint density at radius 3 is 2.68 bits per heavy atom. The summed E-state index contributed by atoms with van der Waals surface area (Å²) < 4.78 is 19.1. The van der Waals surface area contributed by atoms with Gasteiger partial charge < -0.3 is 9.84 Å². The zero-order valence-electron chi connectivity index (χ0n) is 21.4.